The number of benzene rings is 2. The average Bonchev–Trinajstić information content (AvgIpc) is 2.64. The van der Waals surface area contributed by atoms with E-state index in [0.29, 0.717) is 11.4 Å². The highest BCUT2D eigenvalue weighted by Crippen LogP contribution is 2.22. The number of nitro groups is 1. The first-order valence-electron chi connectivity index (χ1n) is 8.51. The smallest absolute Gasteiger partial charge is 0.294 e. The van der Waals surface area contributed by atoms with Crippen molar-refractivity contribution in [2.24, 2.45) is 0 Å². The third kappa shape index (κ3) is 3.66. The van der Waals surface area contributed by atoms with Gasteiger partial charge in [0.05, 0.1) is 4.92 Å². The third-order valence-corrected chi connectivity index (χ3v) is 4.39. The zero-order chi connectivity index (χ0) is 20.4. The van der Waals surface area contributed by atoms with E-state index in [1.54, 1.807) is 25.1 Å². The van der Waals surface area contributed by atoms with Crippen molar-refractivity contribution in [2.75, 3.05) is 5.32 Å². The largest absolute Gasteiger partial charge is 0.320 e. The van der Waals surface area contributed by atoms with Gasteiger partial charge in [-0.15, -0.1) is 0 Å². The highest BCUT2D eigenvalue weighted by atomic mass is 16.6. The molecule has 0 fully saturated rings. The number of rotatable bonds is 4. The van der Waals surface area contributed by atoms with Crippen LogP contribution in [0.3, 0.4) is 0 Å². The van der Waals surface area contributed by atoms with Crippen molar-refractivity contribution in [3.63, 3.8) is 0 Å². The molecule has 1 N–H and O–H groups in total. The highest BCUT2D eigenvalue weighted by Gasteiger charge is 2.20. The lowest BCUT2D eigenvalue weighted by molar-refractivity contribution is -0.384. The minimum atomic E-state index is -0.680. The van der Waals surface area contributed by atoms with Crippen molar-refractivity contribution in [1.82, 2.24) is 9.78 Å². The molecule has 142 valence electrons. The first kappa shape index (κ1) is 19.0. The zero-order valence-corrected chi connectivity index (χ0v) is 15.6. The molecule has 3 rings (SSSR count). The maximum atomic E-state index is 12.6. The number of carbonyl (C=O) groups excluding carboxylic acids is 1. The van der Waals surface area contributed by atoms with Crippen LogP contribution >= 0.6 is 0 Å². The number of hydrogen-bond donors (Lipinski definition) is 1. The molecule has 0 radical (unpaired) electrons. The van der Waals surface area contributed by atoms with Gasteiger partial charge in [0.15, 0.2) is 5.69 Å². The molecule has 8 nitrogen and oxygen atoms in total. The fourth-order valence-corrected chi connectivity index (χ4v) is 2.76. The molecule has 0 atom stereocenters. The molecule has 28 heavy (non-hydrogen) atoms. The monoisotopic (exact) mass is 378 g/mol. The van der Waals surface area contributed by atoms with Gasteiger partial charge in [-0.25, -0.2) is 4.68 Å². The van der Waals surface area contributed by atoms with Crippen LogP contribution in [0, 0.1) is 30.9 Å². The third-order valence-electron chi connectivity index (χ3n) is 4.39. The van der Waals surface area contributed by atoms with Crippen LogP contribution in [0.2, 0.25) is 0 Å². The second-order valence-corrected chi connectivity index (χ2v) is 6.41. The van der Waals surface area contributed by atoms with Crippen molar-refractivity contribution >= 4 is 17.3 Å². The van der Waals surface area contributed by atoms with Crippen molar-refractivity contribution in [2.45, 2.75) is 20.8 Å². The average molecular weight is 378 g/mol. The highest BCUT2D eigenvalue weighted by molar-refractivity contribution is 6.02. The molecule has 1 heterocycles. The van der Waals surface area contributed by atoms with Gasteiger partial charge in [-0.1, -0.05) is 18.2 Å². The van der Waals surface area contributed by atoms with Gasteiger partial charge in [0.1, 0.15) is 5.69 Å². The Balaban J connectivity index is 2.05. The van der Waals surface area contributed by atoms with Crippen LogP contribution in [0.1, 0.15) is 27.3 Å². The summed E-state index contributed by atoms with van der Waals surface area (Å²) in [6, 6.07) is 12.6. The first-order valence-corrected chi connectivity index (χ1v) is 8.51. The maximum absolute atomic E-state index is 12.6. The van der Waals surface area contributed by atoms with Gasteiger partial charge in [0.2, 0.25) is 5.43 Å². The van der Waals surface area contributed by atoms with Gasteiger partial charge < -0.3 is 5.32 Å². The van der Waals surface area contributed by atoms with E-state index >= 15 is 0 Å². The van der Waals surface area contributed by atoms with Crippen LogP contribution in [0.25, 0.3) is 5.69 Å². The number of anilines is 1. The summed E-state index contributed by atoms with van der Waals surface area (Å²) in [7, 11) is 0. The topological polar surface area (TPSA) is 107 Å². The first-order chi connectivity index (χ1) is 13.3. The molecule has 1 amide bonds. The summed E-state index contributed by atoms with van der Waals surface area (Å²) in [6.07, 6.45) is 0. The fourth-order valence-electron chi connectivity index (χ4n) is 2.76. The number of aryl methyl sites for hydroxylation is 3. The van der Waals surface area contributed by atoms with Gasteiger partial charge in [-0.3, -0.25) is 19.7 Å². The molecule has 0 aliphatic rings. The molecule has 3 aromatic rings. The Morgan fingerprint density at radius 2 is 1.79 bits per heavy atom. The van der Waals surface area contributed by atoms with Crippen LogP contribution < -0.4 is 10.7 Å². The minimum Gasteiger partial charge on any atom is -0.320 e. The molecule has 0 saturated heterocycles. The summed E-state index contributed by atoms with van der Waals surface area (Å²) >= 11 is 0. The summed E-state index contributed by atoms with van der Waals surface area (Å²) < 4.78 is 1.23. The summed E-state index contributed by atoms with van der Waals surface area (Å²) in [5, 5.41) is 18.1. The van der Waals surface area contributed by atoms with E-state index in [4.69, 9.17) is 0 Å². The van der Waals surface area contributed by atoms with E-state index in [0.717, 1.165) is 11.1 Å². The number of para-hydroxylation sites is 2. The van der Waals surface area contributed by atoms with Crippen molar-refractivity contribution < 1.29 is 9.72 Å². The Morgan fingerprint density at radius 3 is 2.46 bits per heavy atom. The van der Waals surface area contributed by atoms with E-state index in [2.05, 4.69) is 10.4 Å². The Bertz CT molecular complexity index is 1150. The Kier molecular flexibility index (Phi) is 5.04. The SMILES string of the molecule is Cc1ccc(NC(=O)c2nn(-c3ccccc3[N+](=O)[O-])c(C)cc2=O)cc1C. The predicted octanol–water partition coefficient (Wildman–Crippen LogP) is 3.32. The second-order valence-electron chi connectivity index (χ2n) is 6.41. The Hall–Kier alpha value is -3.81. The number of carbonyl (C=O) groups is 1. The Labute approximate surface area is 160 Å². The van der Waals surface area contributed by atoms with Crippen molar-refractivity contribution in [3.05, 3.63) is 91.4 Å². The van der Waals surface area contributed by atoms with Crippen LogP contribution in [0.15, 0.2) is 53.3 Å². The zero-order valence-electron chi connectivity index (χ0n) is 15.6. The molecule has 0 aliphatic heterocycles. The number of nitro benzene ring substituents is 1. The van der Waals surface area contributed by atoms with E-state index in [1.165, 1.54) is 28.9 Å². The van der Waals surface area contributed by atoms with Gasteiger partial charge in [-0.2, -0.15) is 5.10 Å². The van der Waals surface area contributed by atoms with Gasteiger partial charge in [0.25, 0.3) is 11.6 Å². The lowest BCUT2D eigenvalue weighted by Crippen LogP contribution is -2.27. The lowest BCUT2D eigenvalue weighted by Gasteiger charge is -2.12. The molecule has 0 bridgehead atoms. The van der Waals surface area contributed by atoms with Gasteiger partial charge in [0, 0.05) is 23.5 Å². The maximum Gasteiger partial charge on any atom is 0.294 e. The van der Waals surface area contributed by atoms with Gasteiger partial charge in [-0.05, 0) is 50.1 Å². The van der Waals surface area contributed by atoms with Crippen molar-refractivity contribution in [1.29, 1.82) is 0 Å². The molecule has 0 aliphatic carbocycles. The molecule has 0 saturated carbocycles. The number of amides is 1. The fraction of sp³-hybridized carbons (Fsp3) is 0.150. The molecule has 2 aromatic carbocycles. The van der Waals surface area contributed by atoms with Gasteiger partial charge >= 0.3 is 0 Å². The standard InChI is InChI=1S/C20H18N4O4/c1-12-8-9-15(10-13(12)2)21-20(26)19-18(25)11-14(3)23(22-19)16-6-4-5-7-17(16)24(27)28/h4-11H,1-3H3,(H,21,26). The van der Waals surface area contributed by atoms with Crippen LogP contribution in [0.4, 0.5) is 11.4 Å². The summed E-state index contributed by atoms with van der Waals surface area (Å²) in [6.45, 7) is 5.46. The molecule has 0 spiro atoms. The normalized spacial score (nSPS) is 10.5. The lowest BCUT2D eigenvalue weighted by atomic mass is 10.1. The summed E-state index contributed by atoms with van der Waals surface area (Å²) in [5.41, 5.74) is 2.06. The molecular formula is C20H18N4O4. The second kappa shape index (κ2) is 7.43. The Morgan fingerprint density at radius 1 is 1.07 bits per heavy atom. The van der Waals surface area contributed by atoms with E-state index in [1.807, 2.05) is 19.9 Å². The minimum absolute atomic E-state index is 0.172. The number of nitrogens with one attached hydrogen (secondary N) is 1. The predicted molar refractivity (Wildman–Crippen MR) is 105 cm³/mol. The summed E-state index contributed by atoms with van der Waals surface area (Å²) in [5.74, 6) is -0.680. The van der Waals surface area contributed by atoms with E-state index < -0.39 is 16.3 Å². The van der Waals surface area contributed by atoms with E-state index in [-0.39, 0.29) is 17.1 Å². The van der Waals surface area contributed by atoms with Crippen LogP contribution in [-0.4, -0.2) is 20.6 Å². The molecule has 8 heteroatoms. The molecule has 1 aromatic heterocycles. The number of nitrogens with zero attached hydrogens (tertiary/aromatic N) is 3. The van der Waals surface area contributed by atoms with Crippen molar-refractivity contribution in [3.8, 4) is 5.69 Å². The number of hydrogen-bond acceptors (Lipinski definition) is 5. The number of aromatic nitrogens is 2. The quantitative estimate of drug-likeness (QED) is 0.553. The van der Waals surface area contributed by atoms with E-state index in [9.17, 15) is 19.7 Å². The van der Waals surface area contributed by atoms with Crippen LogP contribution in [-0.2, 0) is 0 Å². The van der Waals surface area contributed by atoms with Crippen LogP contribution in [0.5, 0.6) is 0 Å². The molecule has 0 unspecified atom stereocenters. The molecular weight excluding hydrogens is 360 g/mol. The summed E-state index contributed by atoms with van der Waals surface area (Å²) in [4.78, 5) is 35.7.